The van der Waals surface area contributed by atoms with E-state index in [2.05, 4.69) is 21.0 Å². The number of aliphatic imine (C=N–C) groups is 2. The number of aromatic hydroxyl groups is 1. The fourth-order valence-corrected chi connectivity index (χ4v) is 9.22. The first-order chi connectivity index (χ1) is 23.2. The lowest BCUT2D eigenvalue weighted by Crippen LogP contribution is -2.56. The van der Waals surface area contributed by atoms with Gasteiger partial charge >= 0.3 is 6.02 Å². The summed E-state index contributed by atoms with van der Waals surface area (Å²) < 4.78 is 55.2. The van der Waals surface area contributed by atoms with E-state index < -0.39 is 35.3 Å². The highest BCUT2D eigenvalue weighted by atomic mass is 19.1. The standard InChI is InChI=1S/C36H36F3N7O2/c1-3-24-27(38)8-5-19-11-23(47)12-25(28(19)24)29-31(39)33-30(26-17-44(2)43-32(26)29)34(45-15-21-6-7-22(16-45)40-21)42-35(41-33)48-18-36-9-4-10-46(36)14-20(37)13-36/h1,5,8,11-12,17,20-22,30,33,40,47H,4,6-7,9-10,13-16,18H2,2H3/t20-,21?,22?,30?,33?,36+/m1/s1. The minimum atomic E-state index is -1.07. The molecule has 6 heterocycles. The van der Waals surface area contributed by atoms with Gasteiger partial charge in [-0.2, -0.15) is 10.1 Å². The molecule has 9 nitrogen and oxygen atoms in total. The molecule has 6 atom stereocenters. The van der Waals surface area contributed by atoms with Crippen LogP contribution in [-0.2, 0) is 11.8 Å². The molecule has 1 aromatic heterocycles. The number of halogens is 3. The number of hydrogen-bond donors (Lipinski definition) is 2. The van der Waals surface area contributed by atoms with Crippen molar-refractivity contribution in [1.82, 2.24) is 24.9 Å². The number of terminal acetylenes is 1. The van der Waals surface area contributed by atoms with Gasteiger partial charge in [-0.05, 0) is 61.4 Å². The van der Waals surface area contributed by atoms with Crippen molar-refractivity contribution in [3.8, 4) is 18.1 Å². The Morgan fingerprint density at radius 3 is 2.77 bits per heavy atom. The van der Waals surface area contributed by atoms with E-state index in [-0.39, 0.29) is 35.1 Å². The van der Waals surface area contributed by atoms with Crippen LogP contribution in [0.1, 0.15) is 60.4 Å². The van der Waals surface area contributed by atoms with Crippen LogP contribution in [0.2, 0.25) is 0 Å². The van der Waals surface area contributed by atoms with E-state index in [1.54, 1.807) is 11.7 Å². The Morgan fingerprint density at radius 2 is 1.98 bits per heavy atom. The molecule has 4 saturated heterocycles. The van der Waals surface area contributed by atoms with Crippen LogP contribution >= 0.6 is 0 Å². The molecule has 0 saturated carbocycles. The predicted octanol–water partition coefficient (Wildman–Crippen LogP) is 4.39. The zero-order chi connectivity index (χ0) is 32.9. The molecule has 248 valence electrons. The largest absolute Gasteiger partial charge is 0.508 e. The van der Waals surface area contributed by atoms with Gasteiger partial charge in [0.25, 0.3) is 0 Å². The van der Waals surface area contributed by atoms with Crippen molar-refractivity contribution in [2.24, 2.45) is 17.0 Å². The molecular formula is C36H36F3N7O2. The van der Waals surface area contributed by atoms with E-state index in [4.69, 9.17) is 26.2 Å². The Labute approximate surface area is 276 Å². The van der Waals surface area contributed by atoms with Crippen LogP contribution in [0, 0.1) is 18.2 Å². The molecule has 12 heteroatoms. The number of hydrogen-bond acceptors (Lipinski definition) is 8. The molecule has 2 bridgehead atoms. The van der Waals surface area contributed by atoms with Crippen molar-refractivity contribution < 1.29 is 23.0 Å². The lowest BCUT2D eigenvalue weighted by atomic mass is 9.78. The minimum absolute atomic E-state index is 0.0276. The first-order valence-corrected chi connectivity index (χ1v) is 16.8. The van der Waals surface area contributed by atoms with Gasteiger partial charge in [0.1, 0.15) is 42.0 Å². The highest BCUT2D eigenvalue weighted by Crippen LogP contribution is 2.49. The molecule has 2 N–H and O–H groups in total. The van der Waals surface area contributed by atoms with Gasteiger partial charge in [-0.1, -0.05) is 12.0 Å². The van der Waals surface area contributed by atoms with Gasteiger partial charge in [0.2, 0.25) is 0 Å². The first-order valence-electron chi connectivity index (χ1n) is 16.8. The van der Waals surface area contributed by atoms with Crippen molar-refractivity contribution in [3.05, 3.63) is 64.5 Å². The summed E-state index contributed by atoms with van der Waals surface area (Å²) in [5.41, 5.74) is 0.952. The SMILES string of the molecule is C#Cc1c(F)ccc2cc(O)cc(C3=C(F)C4N=C(OC[C@@]56CCCN5C[C@H](F)C6)N=C(N5CC6CCC(C5)N6)C4c4cn(C)nc43)c12. The van der Waals surface area contributed by atoms with E-state index in [1.807, 2.05) is 6.20 Å². The average Bonchev–Trinajstić information content (AvgIpc) is 3.81. The zero-order valence-corrected chi connectivity index (χ0v) is 26.6. The van der Waals surface area contributed by atoms with Crippen LogP contribution in [0.5, 0.6) is 5.75 Å². The van der Waals surface area contributed by atoms with E-state index in [1.165, 1.54) is 24.3 Å². The number of benzene rings is 2. The third-order valence-electron chi connectivity index (χ3n) is 11.2. The number of phenolic OH excluding ortho intramolecular Hbond substituents is 1. The van der Waals surface area contributed by atoms with Crippen LogP contribution in [0.25, 0.3) is 16.3 Å². The predicted molar refractivity (Wildman–Crippen MR) is 176 cm³/mol. The molecule has 0 amide bonds. The summed E-state index contributed by atoms with van der Waals surface area (Å²) in [5.74, 6) is 1.17. The summed E-state index contributed by atoms with van der Waals surface area (Å²) >= 11 is 0. The molecule has 0 radical (unpaired) electrons. The number of alkyl halides is 1. The van der Waals surface area contributed by atoms with Gasteiger partial charge in [-0.25, -0.2) is 18.2 Å². The van der Waals surface area contributed by atoms with Crippen molar-refractivity contribution in [2.45, 2.75) is 67.9 Å². The molecule has 0 spiro atoms. The Balaban J connectivity index is 1.21. The third kappa shape index (κ3) is 4.50. The molecule has 9 rings (SSSR count). The van der Waals surface area contributed by atoms with Gasteiger partial charge in [-0.15, -0.1) is 6.42 Å². The Morgan fingerprint density at radius 1 is 1.17 bits per heavy atom. The smallest absolute Gasteiger partial charge is 0.314 e. The highest BCUT2D eigenvalue weighted by molar-refractivity contribution is 6.07. The minimum Gasteiger partial charge on any atom is -0.508 e. The monoisotopic (exact) mass is 655 g/mol. The summed E-state index contributed by atoms with van der Waals surface area (Å²) in [6.45, 7) is 2.85. The topological polar surface area (TPSA) is 90.5 Å². The number of fused-ring (bicyclic) bond motifs is 7. The number of nitrogens with zero attached hydrogens (tertiary/aromatic N) is 6. The number of ether oxygens (including phenoxy) is 1. The molecule has 1 aliphatic carbocycles. The third-order valence-corrected chi connectivity index (χ3v) is 11.2. The maximum Gasteiger partial charge on any atom is 0.314 e. The molecule has 4 fully saturated rings. The van der Waals surface area contributed by atoms with Crippen molar-refractivity contribution in [1.29, 1.82) is 0 Å². The van der Waals surface area contributed by atoms with Gasteiger partial charge < -0.3 is 20.1 Å². The summed E-state index contributed by atoms with van der Waals surface area (Å²) in [6, 6.07) is 5.24. The lowest BCUT2D eigenvalue weighted by Gasteiger charge is -2.41. The van der Waals surface area contributed by atoms with Gasteiger partial charge in [-0.3, -0.25) is 9.58 Å². The number of amidine groups is 2. The van der Waals surface area contributed by atoms with E-state index in [0.29, 0.717) is 60.4 Å². The van der Waals surface area contributed by atoms with E-state index in [0.717, 1.165) is 37.8 Å². The number of nitrogens with one attached hydrogen (secondary N) is 1. The van der Waals surface area contributed by atoms with Crippen LogP contribution in [0.4, 0.5) is 13.2 Å². The summed E-state index contributed by atoms with van der Waals surface area (Å²) in [7, 11) is 1.77. The van der Waals surface area contributed by atoms with Crippen molar-refractivity contribution in [3.63, 3.8) is 0 Å². The fraction of sp³-hybridized carbons (Fsp3) is 0.472. The number of piperazine rings is 1. The molecule has 48 heavy (non-hydrogen) atoms. The van der Waals surface area contributed by atoms with Crippen molar-refractivity contribution >= 4 is 28.2 Å². The van der Waals surface area contributed by atoms with Crippen LogP contribution in [0.3, 0.4) is 0 Å². The molecule has 3 aromatic rings. The Bertz CT molecular complexity index is 1990. The molecule has 2 aromatic carbocycles. The second-order valence-corrected chi connectivity index (χ2v) is 14.2. The number of aryl methyl sites for hydroxylation is 1. The average molecular weight is 656 g/mol. The number of aromatic nitrogens is 2. The summed E-state index contributed by atoms with van der Waals surface area (Å²) in [5, 5.41) is 20.0. The maximum absolute atomic E-state index is 17.5. The number of rotatable bonds is 3. The molecule has 6 aliphatic rings. The zero-order valence-electron chi connectivity index (χ0n) is 26.6. The van der Waals surface area contributed by atoms with E-state index in [9.17, 15) is 9.50 Å². The highest BCUT2D eigenvalue weighted by Gasteiger charge is 2.51. The number of phenols is 1. The Kier molecular flexibility index (Phi) is 6.72. The summed E-state index contributed by atoms with van der Waals surface area (Å²) in [6.07, 6.45) is 11.0. The van der Waals surface area contributed by atoms with Crippen LogP contribution in [-0.4, -0.2) is 99.2 Å². The lowest BCUT2D eigenvalue weighted by molar-refractivity contribution is 0.105. The second-order valence-electron chi connectivity index (χ2n) is 14.2. The molecular weight excluding hydrogens is 619 g/mol. The van der Waals surface area contributed by atoms with Gasteiger partial charge in [0, 0.05) is 67.9 Å². The second kappa shape index (κ2) is 10.8. The fourth-order valence-electron chi connectivity index (χ4n) is 9.22. The van der Waals surface area contributed by atoms with Crippen LogP contribution in [0.15, 0.2) is 46.3 Å². The van der Waals surface area contributed by atoms with Crippen molar-refractivity contribution in [2.75, 3.05) is 32.8 Å². The molecule has 4 unspecified atom stereocenters. The van der Waals surface area contributed by atoms with Crippen LogP contribution < -0.4 is 5.32 Å². The molecule has 5 aliphatic heterocycles. The van der Waals surface area contributed by atoms with Gasteiger partial charge in [0.15, 0.2) is 0 Å². The first kappa shape index (κ1) is 29.8. The quantitative estimate of drug-likeness (QED) is 0.407. The normalized spacial score (nSPS) is 31.0. The van der Waals surface area contributed by atoms with Gasteiger partial charge in [0.05, 0.1) is 22.7 Å². The number of likely N-dealkylation sites (tertiary alicyclic amines) is 1. The Hall–Kier alpha value is -4.34. The summed E-state index contributed by atoms with van der Waals surface area (Å²) in [4.78, 5) is 14.2. The van der Waals surface area contributed by atoms with E-state index >= 15 is 8.78 Å². The maximum atomic E-state index is 17.5.